The molecule has 0 aromatic heterocycles. The molecule has 1 amide bonds. The molecule has 2 N–H and O–H groups in total. The van der Waals surface area contributed by atoms with Gasteiger partial charge in [-0.15, -0.1) is 0 Å². The van der Waals surface area contributed by atoms with Crippen LogP contribution >= 0.6 is 0 Å². The molecule has 0 saturated carbocycles. The van der Waals surface area contributed by atoms with Crippen LogP contribution < -0.4 is 5.32 Å². The number of carboxylic acid groups (broad SMARTS) is 1. The minimum atomic E-state index is -3.52. The highest BCUT2D eigenvalue weighted by Gasteiger charge is 2.21. The molecule has 1 aromatic carbocycles. The molecule has 0 atom stereocenters. The molecule has 0 aliphatic carbocycles. The van der Waals surface area contributed by atoms with E-state index in [1.165, 1.54) is 39.2 Å². The number of carbonyl (C=O) groups is 2. The van der Waals surface area contributed by atoms with Crippen LogP contribution in [0, 0.1) is 0 Å². The third-order valence-corrected chi connectivity index (χ3v) is 4.99. The quantitative estimate of drug-likeness (QED) is 0.780. The van der Waals surface area contributed by atoms with Crippen LogP contribution in [-0.4, -0.2) is 43.5 Å². The maximum absolute atomic E-state index is 11.8. The Bertz CT molecular complexity index is 666. The van der Waals surface area contributed by atoms with Gasteiger partial charge >= 0.3 is 5.97 Å². The van der Waals surface area contributed by atoms with E-state index in [0.717, 1.165) is 0 Å². The summed E-state index contributed by atoms with van der Waals surface area (Å²) in [6.45, 7) is 3.16. The van der Waals surface area contributed by atoms with Crippen molar-refractivity contribution < 1.29 is 27.9 Å². The van der Waals surface area contributed by atoms with E-state index in [9.17, 15) is 18.0 Å². The number of hydrogen-bond donors (Lipinski definition) is 2. The van der Waals surface area contributed by atoms with Gasteiger partial charge in [-0.2, -0.15) is 0 Å². The second-order valence-electron chi connectivity index (χ2n) is 5.06. The summed E-state index contributed by atoms with van der Waals surface area (Å²) in [5, 5.41) is 10.8. The van der Waals surface area contributed by atoms with Crippen LogP contribution in [0.25, 0.3) is 0 Å². The Kier molecular flexibility index (Phi) is 6.07. The van der Waals surface area contributed by atoms with Gasteiger partial charge in [0.25, 0.3) is 0 Å². The molecular formula is C14H19NO6S. The molecule has 1 aromatic rings. The first-order valence-corrected chi connectivity index (χ1v) is 8.25. The lowest BCUT2D eigenvalue weighted by atomic mass is 10.1. The lowest BCUT2D eigenvalue weighted by Gasteiger charge is -2.11. The van der Waals surface area contributed by atoms with Crippen molar-refractivity contribution in [2.75, 3.05) is 18.2 Å². The Balaban J connectivity index is 2.97. The van der Waals surface area contributed by atoms with Gasteiger partial charge in [-0.25, -0.2) is 13.2 Å². The van der Waals surface area contributed by atoms with Crippen LogP contribution in [0.4, 0.5) is 5.69 Å². The van der Waals surface area contributed by atoms with Crippen molar-refractivity contribution >= 4 is 27.4 Å². The molecule has 0 aliphatic heterocycles. The van der Waals surface area contributed by atoms with E-state index >= 15 is 0 Å². The highest BCUT2D eigenvalue weighted by atomic mass is 32.2. The van der Waals surface area contributed by atoms with Gasteiger partial charge in [-0.3, -0.25) is 4.79 Å². The van der Waals surface area contributed by atoms with E-state index in [2.05, 4.69) is 5.32 Å². The SMILES string of the molecule is COCc1cc(NC(=O)CS(=O)(=O)C(C)C)cc(C(=O)O)c1. The summed E-state index contributed by atoms with van der Waals surface area (Å²) in [7, 11) is -2.06. The summed E-state index contributed by atoms with van der Waals surface area (Å²) >= 11 is 0. The van der Waals surface area contributed by atoms with E-state index in [-0.39, 0.29) is 17.9 Å². The molecule has 122 valence electrons. The van der Waals surface area contributed by atoms with Gasteiger partial charge in [0.05, 0.1) is 17.4 Å². The fourth-order valence-electron chi connectivity index (χ4n) is 1.68. The number of nitrogens with one attached hydrogen (secondary N) is 1. The number of anilines is 1. The van der Waals surface area contributed by atoms with Crippen molar-refractivity contribution in [2.24, 2.45) is 0 Å². The Morgan fingerprint density at radius 1 is 1.27 bits per heavy atom. The van der Waals surface area contributed by atoms with Crippen LogP contribution in [0.5, 0.6) is 0 Å². The van der Waals surface area contributed by atoms with Gasteiger partial charge < -0.3 is 15.2 Å². The largest absolute Gasteiger partial charge is 0.478 e. The van der Waals surface area contributed by atoms with Crippen molar-refractivity contribution in [3.63, 3.8) is 0 Å². The van der Waals surface area contributed by atoms with Gasteiger partial charge in [0.1, 0.15) is 5.75 Å². The molecule has 0 spiro atoms. The van der Waals surface area contributed by atoms with Gasteiger partial charge in [-0.05, 0) is 37.6 Å². The maximum Gasteiger partial charge on any atom is 0.335 e. The van der Waals surface area contributed by atoms with Crippen molar-refractivity contribution in [1.29, 1.82) is 0 Å². The van der Waals surface area contributed by atoms with Crippen molar-refractivity contribution in [3.05, 3.63) is 29.3 Å². The van der Waals surface area contributed by atoms with E-state index < -0.39 is 32.7 Å². The molecule has 0 fully saturated rings. The first-order valence-electron chi connectivity index (χ1n) is 6.53. The number of amides is 1. The average molecular weight is 329 g/mol. The summed E-state index contributed by atoms with van der Waals surface area (Å²) in [5.41, 5.74) is 0.761. The van der Waals surface area contributed by atoms with Gasteiger partial charge in [0, 0.05) is 12.8 Å². The molecule has 22 heavy (non-hydrogen) atoms. The Labute approximate surface area is 129 Å². The van der Waals surface area contributed by atoms with Gasteiger partial charge in [0.2, 0.25) is 5.91 Å². The molecule has 7 nitrogen and oxygen atoms in total. The topological polar surface area (TPSA) is 110 Å². The fourth-order valence-corrected chi connectivity index (χ4v) is 2.46. The zero-order valence-corrected chi connectivity index (χ0v) is 13.4. The number of rotatable bonds is 7. The standard InChI is InChI=1S/C14H19NO6S/c1-9(2)22(19,20)8-13(16)15-12-5-10(7-21-3)4-11(6-12)14(17)18/h4-6,9H,7-8H2,1-3H3,(H,15,16)(H,17,18). The molecule has 0 aliphatic rings. The number of methoxy groups -OCH3 is 1. The van der Waals surface area contributed by atoms with Crippen LogP contribution in [0.3, 0.4) is 0 Å². The Morgan fingerprint density at radius 3 is 2.41 bits per heavy atom. The van der Waals surface area contributed by atoms with E-state index in [1.807, 2.05) is 0 Å². The molecule has 0 heterocycles. The van der Waals surface area contributed by atoms with E-state index in [1.54, 1.807) is 0 Å². The van der Waals surface area contributed by atoms with Crippen molar-refractivity contribution in [2.45, 2.75) is 25.7 Å². The molecule has 0 unspecified atom stereocenters. The predicted octanol–water partition coefficient (Wildman–Crippen LogP) is 1.29. The van der Waals surface area contributed by atoms with Crippen LogP contribution in [0.1, 0.15) is 29.8 Å². The number of sulfone groups is 1. The third-order valence-electron chi connectivity index (χ3n) is 2.89. The van der Waals surface area contributed by atoms with Crippen LogP contribution in [0.2, 0.25) is 0 Å². The average Bonchev–Trinajstić information content (AvgIpc) is 2.37. The summed E-state index contributed by atoms with van der Waals surface area (Å²) in [5.74, 6) is -2.51. The molecule has 0 bridgehead atoms. The fraction of sp³-hybridized carbons (Fsp3) is 0.429. The second-order valence-corrected chi connectivity index (χ2v) is 7.62. The molecular weight excluding hydrogens is 310 g/mol. The Hall–Kier alpha value is -1.93. The van der Waals surface area contributed by atoms with E-state index in [4.69, 9.17) is 9.84 Å². The Morgan fingerprint density at radius 2 is 1.91 bits per heavy atom. The number of ether oxygens (including phenoxy) is 1. The van der Waals surface area contributed by atoms with Gasteiger partial charge in [0.15, 0.2) is 9.84 Å². The zero-order chi connectivity index (χ0) is 16.9. The smallest absolute Gasteiger partial charge is 0.335 e. The summed E-state index contributed by atoms with van der Waals surface area (Å²) < 4.78 is 28.3. The van der Waals surface area contributed by atoms with Crippen LogP contribution in [-0.2, 0) is 26.0 Å². The lowest BCUT2D eigenvalue weighted by molar-refractivity contribution is -0.113. The predicted molar refractivity (Wildman–Crippen MR) is 81.7 cm³/mol. The highest BCUT2D eigenvalue weighted by molar-refractivity contribution is 7.92. The monoisotopic (exact) mass is 329 g/mol. The normalized spacial score (nSPS) is 11.5. The maximum atomic E-state index is 11.8. The van der Waals surface area contributed by atoms with Gasteiger partial charge in [-0.1, -0.05) is 0 Å². The number of carbonyl (C=O) groups excluding carboxylic acids is 1. The first-order chi connectivity index (χ1) is 10.2. The molecule has 1 rings (SSSR count). The minimum Gasteiger partial charge on any atom is -0.478 e. The minimum absolute atomic E-state index is 0.0171. The van der Waals surface area contributed by atoms with Crippen molar-refractivity contribution in [3.8, 4) is 0 Å². The number of aromatic carboxylic acids is 1. The van der Waals surface area contributed by atoms with E-state index in [0.29, 0.717) is 5.56 Å². The highest BCUT2D eigenvalue weighted by Crippen LogP contribution is 2.16. The zero-order valence-electron chi connectivity index (χ0n) is 12.6. The second kappa shape index (κ2) is 7.37. The lowest BCUT2D eigenvalue weighted by Crippen LogP contribution is -2.28. The summed E-state index contributed by atoms with van der Waals surface area (Å²) in [4.78, 5) is 22.9. The summed E-state index contributed by atoms with van der Waals surface area (Å²) in [6.07, 6.45) is 0. The molecule has 8 heteroatoms. The first kappa shape index (κ1) is 18.1. The number of carboxylic acids is 1. The number of benzene rings is 1. The third kappa shape index (κ3) is 5.12. The molecule has 0 saturated heterocycles. The van der Waals surface area contributed by atoms with Crippen molar-refractivity contribution in [1.82, 2.24) is 0 Å². The number of hydrogen-bond acceptors (Lipinski definition) is 5. The summed E-state index contributed by atoms with van der Waals surface area (Å²) in [6, 6.07) is 4.23. The van der Waals surface area contributed by atoms with Crippen LogP contribution in [0.15, 0.2) is 18.2 Å². The molecule has 0 radical (unpaired) electrons.